The smallest absolute Gasteiger partial charge is 0.321 e. The van der Waals surface area contributed by atoms with Crippen molar-refractivity contribution in [1.82, 2.24) is 10.6 Å². The Balaban J connectivity index is 3.62. The first-order valence-electron chi connectivity index (χ1n) is 3.77. The van der Waals surface area contributed by atoms with Crippen molar-refractivity contribution in [2.45, 2.75) is 13.8 Å². The number of carbonyl (C=O) groups excluding carboxylic acids is 2. The lowest BCUT2D eigenvalue weighted by Gasteiger charge is -2.06. The lowest BCUT2D eigenvalue weighted by molar-refractivity contribution is -0.122. The van der Waals surface area contributed by atoms with Gasteiger partial charge in [-0.05, 0) is 0 Å². The molecule has 0 aliphatic carbocycles. The number of hydrogen-bond donors (Lipinski definition) is 3. The summed E-state index contributed by atoms with van der Waals surface area (Å²) in [5, 5.41) is 4.66. The lowest BCUT2D eigenvalue weighted by Crippen LogP contribution is -2.41. The molecule has 0 aromatic carbocycles. The summed E-state index contributed by atoms with van der Waals surface area (Å²) in [5.74, 6) is 0.113. The molecule has 4 nitrogen and oxygen atoms in total. The van der Waals surface area contributed by atoms with Crippen LogP contribution in [0.4, 0.5) is 4.79 Å². The normalized spacial score (nSPS) is 9.67. The Morgan fingerprint density at radius 1 is 1.42 bits per heavy atom. The molecule has 5 heteroatoms. The minimum atomic E-state index is -0.456. The van der Waals surface area contributed by atoms with Crippen LogP contribution in [0.5, 0.6) is 0 Å². The molecule has 0 unspecified atom stereocenters. The zero-order valence-corrected chi connectivity index (χ0v) is 8.15. The first kappa shape index (κ1) is 11.3. The number of nitrogens with one attached hydrogen (secondary N) is 2. The Bertz CT molecular complexity index is 171. The highest BCUT2D eigenvalue weighted by atomic mass is 32.1. The second-order valence-corrected chi connectivity index (χ2v) is 3.07. The maximum Gasteiger partial charge on any atom is 0.321 e. The molecule has 0 saturated carbocycles. The predicted molar refractivity (Wildman–Crippen MR) is 50.2 cm³/mol. The number of hydrogen-bond acceptors (Lipinski definition) is 3. The Labute approximate surface area is 77.5 Å². The molecule has 0 radical (unpaired) electrons. The van der Waals surface area contributed by atoms with Gasteiger partial charge >= 0.3 is 6.03 Å². The highest BCUT2D eigenvalue weighted by Crippen LogP contribution is 1.89. The van der Waals surface area contributed by atoms with E-state index in [2.05, 4.69) is 23.3 Å². The van der Waals surface area contributed by atoms with Crippen LogP contribution in [-0.4, -0.2) is 24.2 Å². The molecule has 0 aliphatic rings. The maximum absolute atomic E-state index is 10.9. The van der Waals surface area contributed by atoms with Crippen LogP contribution in [0.1, 0.15) is 13.8 Å². The average Bonchev–Trinajstić information content (AvgIpc) is 2.00. The van der Waals surface area contributed by atoms with Gasteiger partial charge in [-0.25, -0.2) is 4.79 Å². The third-order valence-electron chi connectivity index (χ3n) is 1.16. The van der Waals surface area contributed by atoms with Crippen LogP contribution in [0.25, 0.3) is 0 Å². The topological polar surface area (TPSA) is 58.2 Å². The third kappa shape index (κ3) is 5.01. The number of amides is 3. The van der Waals surface area contributed by atoms with Gasteiger partial charge in [-0.2, -0.15) is 12.6 Å². The van der Waals surface area contributed by atoms with Crippen molar-refractivity contribution in [3.8, 4) is 0 Å². The number of rotatable bonds is 3. The minimum absolute atomic E-state index is 0.174. The van der Waals surface area contributed by atoms with Crippen molar-refractivity contribution >= 4 is 24.6 Å². The van der Waals surface area contributed by atoms with E-state index >= 15 is 0 Å². The zero-order chi connectivity index (χ0) is 9.56. The van der Waals surface area contributed by atoms with Crippen LogP contribution in [0.15, 0.2) is 0 Å². The van der Waals surface area contributed by atoms with Crippen LogP contribution in [0, 0.1) is 5.92 Å². The van der Waals surface area contributed by atoms with E-state index in [1.807, 2.05) is 0 Å². The molecular formula is C7H14N2O2S. The van der Waals surface area contributed by atoms with E-state index in [0.29, 0.717) is 12.3 Å². The van der Waals surface area contributed by atoms with Gasteiger partial charge in [0.25, 0.3) is 0 Å². The van der Waals surface area contributed by atoms with Gasteiger partial charge in [0.1, 0.15) is 0 Å². The van der Waals surface area contributed by atoms with Gasteiger partial charge in [-0.1, -0.05) is 13.8 Å². The molecule has 0 rings (SSSR count). The molecule has 0 atom stereocenters. The van der Waals surface area contributed by atoms with Gasteiger partial charge in [0.05, 0.1) is 0 Å². The van der Waals surface area contributed by atoms with E-state index < -0.39 is 6.03 Å². The van der Waals surface area contributed by atoms with Crippen LogP contribution >= 0.6 is 12.6 Å². The summed E-state index contributed by atoms with van der Waals surface area (Å²) in [4.78, 5) is 21.8. The van der Waals surface area contributed by atoms with Crippen molar-refractivity contribution in [1.29, 1.82) is 0 Å². The van der Waals surface area contributed by atoms with Gasteiger partial charge in [-0.3, -0.25) is 10.1 Å². The molecule has 0 spiro atoms. The summed E-state index contributed by atoms with van der Waals surface area (Å²) in [6.45, 7) is 3.91. The fourth-order valence-corrected chi connectivity index (χ4v) is 0.582. The van der Waals surface area contributed by atoms with Crippen LogP contribution < -0.4 is 10.6 Å². The van der Waals surface area contributed by atoms with Crippen molar-refractivity contribution in [2.75, 3.05) is 12.3 Å². The highest BCUT2D eigenvalue weighted by molar-refractivity contribution is 7.80. The fourth-order valence-electron chi connectivity index (χ4n) is 0.470. The summed E-state index contributed by atoms with van der Waals surface area (Å²) >= 11 is 3.90. The summed E-state index contributed by atoms with van der Waals surface area (Å²) in [5.41, 5.74) is 0. The molecule has 2 N–H and O–H groups in total. The summed E-state index contributed by atoms with van der Waals surface area (Å²) < 4.78 is 0. The molecule has 12 heavy (non-hydrogen) atoms. The molecule has 0 heterocycles. The molecule has 0 aromatic heterocycles. The van der Waals surface area contributed by atoms with Gasteiger partial charge in [0, 0.05) is 18.2 Å². The second kappa shape index (κ2) is 5.88. The standard InChI is InChI=1S/C7H14N2O2S/c1-5(2)6(10)9-7(11)8-3-4-12/h5,12H,3-4H2,1-2H3,(H2,8,9,10,11). The summed E-state index contributed by atoms with van der Waals surface area (Å²) in [6.07, 6.45) is 0. The van der Waals surface area contributed by atoms with Crippen molar-refractivity contribution in [2.24, 2.45) is 5.92 Å². The molecule has 0 aromatic rings. The lowest BCUT2D eigenvalue weighted by atomic mass is 10.2. The Kier molecular flexibility index (Phi) is 5.53. The van der Waals surface area contributed by atoms with E-state index in [4.69, 9.17) is 0 Å². The largest absolute Gasteiger partial charge is 0.337 e. The Hall–Kier alpha value is -0.710. The van der Waals surface area contributed by atoms with E-state index in [-0.39, 0.29) is 11.8 Å². The maximum atomic E-state index is 10.9. The highest BCUT2D eigenvalue weighted by Gasteiger charge is 2.09. The molecule has 0 saturated heterocycles. The second-order valence-electron chi connectivity index (χ2n) is 2.62. The van der Waals surface area contributed by atoms with Gasteiger partial charge in [0.2, 0.25) is 5.91 Å². The molecular weight excluding hydrogens is 176 g/mol. The quantitative estimate of drug-likeness (QED) is 0.564. The minimum Gasteiger partial charge on any atom is -0.337 e. The van der Waals surface area contributed by atoms with Gasteiger partial charge in [-0.15, -0.1) is 0 Å². The van der Waals surface area contributed by atoms with Crippen LogP contribution in [0.2, 0.25) is 0 Å². The van der Waals surface area contributed by atoms with Crippen LogP contribution in [-0.2, 0) is 4.79 Å². The van der Waals surface area contributed by atoms with Crippen LogP contribution in [0.3, 0.4) is 0 Å². The summed E-state index contributed by atoms with van der Waals surface area (Å²) in [6, 6.07) is -0.456. The van der Waals surface area contributed by atoms with Crippen molar-refractivity contribution in [3.63, 3.8) is 0 Å². The molecule has 70 valence electrons. The zero-order valence-electron chi connectivity index (χ0n) is 7.26. The van der Waals surface area contributed by atoms with Gasteiger partial charge in [0.15, 0.2) is 0 Å². The first-order chi connectivity index (χ1) is 5.57. The molecule has 3 amide bonds. The van der Waals surface area contributed by atoms with E-state index in [1.54, 1.807) is 13.8 Å². The fraction of sp³-hybridized carbons (Fsp3) is 0.714. The molecule has 0 bridgehead atoms. The monoisotopic (exact) mass is 190 g/mol. The predicted octanol–water partition coefficient (Wildman–Crippen LogP) is 0.398. The van der Waals surface area contributed by atoms with E-state index in [1.165, 1.54) is 0 Å². The molecule has 0 fully saturated rings. The SMILES string of the molecule is CC(C)C(=O)NC(=O)NCCS. The number of urea groups is 1. The van der Waals surface area contributed by atoms with Gasteiger partial charge < -0.3 is 5.32 Å². The first-order valence-corrected chi connectivity index (χ1v) is 4.40. The average molecular weight is 190 g/mol. The molecule has 0 aliphatic heterocycles. The van der Waals surface area contributed by atoms with Crippen molar-refractivity contribution < 1.29 is 9.59 Å². The summed E-state index contributed by atoms with van der Waals surface area (Å²) in [7, 11) is 0. The number of thiol groups is 1. The van der Waals surface area contributed by atoms with E-state index in [0.717, 1.165) is 0 Å². The van der Waals surface area contributed by atoms with E-state index in [9.17, 15) is 9.59 Å². The Morgan fingerprint density at radius 3 is 2.42 bits per heavy atom. The number of carbonyl (C=O) groups is 2. The number of imide groups is 1. The Morgan fingerprint density at radius 2 is 2.00 bits per heavy atom. The third-order valence-corrected chi connectivity index (χ3v) is 1.38. The van der Waals surface area contributed by atoms with Crippen molar-refractivity contribution in [3.05, 3.63) is 0 Å².